The van der Waals surface area contributed by atoms with Crippen molar-refractivity contribution in [3.05, 3.63) is 87.3 Å². The largest absolute Gasteiger partial charge is 0.462 e. The van der Waals surface area contributed by atoms with Crippen molar-refractivity contribution in [2.45, 2.75) is 48.7 Å². The van der Waals surface area contributed by atoms with Gasteiger partial charge in [-0.25, -0.2) is 4.79 Å². The van der Waals surface area contributed by atoms with Crippen molar-refractivity contribution in [3.8, 4) is 0 Å². The van der Waals surface area contributed by atoms with Crippen molar-refractivity contribution >= 4 is 29.1 Å². The molecule has 30 heavy (non-hydrogen) atoms. The van der Waals surface area contributed by atoms with Gasteiger partial charge in [-0.05, 0) is 49.3 Å². The second-order valence-electron chi connectivity index (χ2n) is 7.67. The molecule has 3 aromatic rings. The molecule has 2 aromatic carbocycles. The molecule has 1 aromatic heterocycles. The third-order valence-electron chi connectivity index (χ3n) is 5.53. The first-order valence-corrected chi connectivity index (χ1v) is 12.1. The number of hydrogen-bond acceptors (Lipinski definition) is 5. The molecule has 5 heteroatoms. The van der Waals surface area contributed by atoms with Crippen LogP contribution in [0.4, 0.5) is 0 Å². The summed E-state index contributed by atoms with van der Waals surface area (Å²) in [7, 11) is 0. The van der Waals surface area contributed by atoms with Crippen LogP contribution in [0.1, 0.15) is 62.9 Å². The zero-order chi connectivity index (χ0) is 21.1. The zero-order valence-electron chi connectivity index (χ0n) is 17.3. The summed E-state index contributed by atoms with van der Waals surface area (Å²) >= 11 is 3.17. The minimum atomic E-state index is -0.572. The fourth-order valence-electron chi connectivity index (χ4n) is 4.00. The van der Waals surface area contributed by atoms with Gasteiger partial charge >= 0.3 is 5.97 Å². The van der Waals surface area contributed by atoms with Gasteiger partial charge in [-0.15, -0.1) is 23.1 Å². The molecule has 156 valence electrons. The van der Waals surface area contributed by atoms with E-state index >= 15 is 0 Å². The Labute approximate surface area is 186 Å². The monoisotopic (exact) mass is 438 g/mol. The van der Waals surface area contributed by atoms with E-state index in [0.29, 0.717) is 17.9 Å². The van der Waals surface area contributed by atoms with Crippen LogP contribution < -0.4 is 0 Å². The topological polar surface area (TPSA) is 46.5 Å². The van der Waals surface area contributed by atoms with Crippen molar-refractivity contribution in [3.63, 3.8) is 0 Å². The highest BCUT2D eigenvalue weighted by Crippen LogP contribution is 2.49. The average molecular weight is 439 g/mol. The summed E-state index contributed by atoms with van der Waals surface area (Å²) in [6, 6.07) is 18.8. The van der Waals surface area contributed by atoms with E-state index < -0.39 is 6.10 Å². The van der Waals surface area contributed by atoms with Crippen molar-refractivity contribution in [2.75, 3.05) is 6.61 Å². The van der Waals surface area contributed by atoms with Gasteiger partial charge in [0.25, 0.3) is 0 Å². The minimum absolute atomic E-state index is 0.197. The predicted octanol–water partition coefficient (Wildman–Crippen LogP) is 6.29. The number of rotatable bonds is 6. The average Bonchev–Trinajstić information content (AvgIpc) is 3.13. The number of esters is 1. The lowest BCUT2D eigenvalue weighted by Gasteiger charge is -2.28. The van der Waals surface area contributed by atoms with Crippen LogP contribution in [0.15, 0.2) is 58.8 Å². The second-order valence-corrected chi connectivity index (χ2v) is 9.93. The molecule has 0 amide bonds. The summed E-state index contributed by atoms with van der Waals surface area (Å²) in [6.45, 7) is 4.25. The third kappa shape index (κ3) is 4.48. The normalized spacial score (nSPS) is 18.1. The fourth-order valence-corrected chi connectivity index (χ4v) is 6.58. The molecular weight excluding hydrogens is 412 g/mol. The number of benzene rings is 2. The van der Waals surface area contributed by atoms with Crippen LogP contribution in [0.2, 0.25) is 0 Å². The zero-order valence-corrected chi connectivity index (χ0v) is 18.9. The fraction of sp³-hybridized carbons (Fsp3) is 0.320. The number of carbonyl (C=O) groups excluding carboxylic acids is 1. The van der Waals surface area contributed by atoms with Crippen molar-refractivity contribution < 1.29 is 14.6 Å². The molecule has 2 atom stereocenters. The molecule has 0 radical (unpaired) electrons. The maximum Gasteiger partial charge on any atom is 0.348 e. The van der Waals surface area contributed by atoms with E-state index in [0.717, 1.165) is 27.5 Å². The van der Waals surface area contributed by atoms with Crippen LogP contribution in [0.25, 0.3) is 0 Å². The van der Waals surface area contributed by atoms with Gasteiger partial charge in [0.05, 0.1) is 16.9 Å². The quantitative estimate of drug-likeness (QED) is 0.363. The smallest absolute Gasteiger partial charge is 0.348 e. The summed E-state index contributed by atoms with van der Waals surface area (Å²) in [4.78, 5) is 13.3. The molecule has 0 unspecified atom stereocenters. The molecular formula is C25H26O3S2. The Morgan fingerprint density at radius 2 is 1.90 bits per heavy atom. The number of aliphatic hydroxyl groups excluding tert-OH is 1. The summed E-state index contributed by atoms with van der Waals surface area (Å²) in [5.41, 5.74) is 5.57. The highest BCUT2D eigenvalue weighted by atomic mass is 32.2. The molecule has 1 heterocycles. The molecule has 3 nitrogen and oxygen atoms in total. The van der Waals surface area contributed by atoms with E-state index in [-0.39, 0.29) is 11.9 Å². The number of thioether (sulfide) groups is 1. The Hall–Kier alpha value is -2.08. The highest BCUT2D eigenvalue weighted by molar-refractivity contribution is 8.00. The SMILES string of the molecule is CCOC(=O)c1sc(SCc2ccccc2)c2c1C[C@@H](c1ccc(C)cc1)C[C@@H]2O. The van der Waals surface area contributed by atoms with Gasteiger partial charge < -0.3 is 9.84 Å². The Kier molecular flexibility index (Phi) is 6.61. The van der Waals surface area contributed by atoms with Crippen LogP contribution >= 0.6 is 23.1 Å². The van der Waals surface area contributed by atoms with Gasteiger partial charge in [-0.3, -0.25) is 0 Å². The van der Waals surface area contributed by atoms with Crippen LogP contribution in [0, 0.1) is 6.92 Å². The molecule has 0 fully saturated rings. The number of carbonyl (C=O) groups is 1. The highest BCUT2D eigenvalue weighted by Gasteiger charge is 2.35. The number of aliphatic hydroxyl groups is 1. The predicted molar refractivity (Wildman–Crippen MR) is 123 cm³/mol. The van der Waals surface area contributed by atoms with Crippen molar-refractivity contribution in [1.82, 2.24) is 0 Å². The van der Waals surface area contributed by atoms with Crippen LogP contribution in [-0.4, -0.2) is 17.7 Å². The van der Waals surface area contributed by atoms with Crippen molar-refractivity contribution in [2.24, 2.45) is 0 Å². The number of thiophene rings is 1. The second kappa shape index (κ2) is 9.38. The van der Waals surface area contributed by atoms with Crippen molar-refractivity contribution in [1.29, 1.82) is 0 Å². The maximum atomic E-state index is 12.7. The first kappa shape index (κ1) is 21.2. The Morgan fingerprint density at radius 3 is 2.60 bits per heavy atom. The molecule has 0 bridgehead atoms. The van der Waals surface area contributed by atoms with Gasteiger partial charge in [0, 0.05) is 11.3 Å². The minimum Gasteiger partial charge on any atom is -0.462 e. The first-order chi connectivity index (χ1) is 14.6. The maximum absolute atomic E-state index is 12.7. The number of fused-ring (bicyclic) bond motifs is 1. The van der Waals surface area contributed by atoms with E-state index in [1.54, 1.807) is 11.8 Å². The Balaban J connectivity index is 1.66. The Morgan fingerprint density at radius 1 is 1.17 bits per heavy atom. The lowest BCUT2D eigenvalue weighted by Crippen LogP contribution is -2.18. The van der Waals surface area contributed by atoms with Gasteiger partial charge in [0.1, 0.15) is 4.88 Å². The van der Waals surface area contributed by atoms with E-state index in [2.05, 4.69) is 43.3 Å². The summed E-state index contributed by atoms with van der Waals surface area (Å²) in [5.74, 6) is 0.731. The van der Waals surface area contributed by atoms with Crippen LogP contribution in [0.3, 0.4) is 0 Å². The van der Waals surface area contributed by atoms with E-state index in [1.807, 2.05) is 25.1 Å². The lowest BCUT2D eigenvalue weighted by atomic mass is 9.79. The summed E-state index contributed by atoms with van der Waals surface area (Å²) < 4.78 is 6.38. The number of ether oxygens (including phenoxy) is 1. The molecule has 0 spiro atoms. The summed E-state index contributed by atoms with van der Waals surface area (Å²) in [5, 5.41) is 11.1. The van der Waals surface area contributed by atoms with Crippen LogP contribution in [-0.2, 0) is 16.9 Å². The number of hydrogen-bond donors (Lipinski definition) is 1. The molecule has 1 N–H and O–H groups in total. The van der Waals surface area contributed by atoms with E-state index in [4.69, 9.17) is 4.74 Å². The van der Waals surface area contributed by atoms with E-state index in [9.17, 15) is 9.90 Å². The third-order valence-corrected chi connectivity index (χ3v) is 8.11. The van der Waals surface area contributed by atoms with Gasteiger partial charge in [-0.2, -0.15) is 0 Å². The van der Waals surface area contributed by atoms with Gasteiger partial charge in [-0.1, -0.05) is 60.2 Å². The Bertz CT molecular complexity index is 1010. The lowest BCUT2D eigenvalue weighted by molar-refractivity contribution is 0.0530. The first-order valence-electron chi connectivity index (χ1n) is 10.3. The standard InChI is InChI=1S/C25H26O3S2/c1-3-28-24(27)23-20-13-19(18-11-9-16(2)10-12-18)14-21(26)22(20)25(30-23)29-15-17-7-5-4-6-8-17/h4-12,19,21,26H,3,13-15H2,1-2H3/t19-,21+/m1/s1. The van der Waals surface area contributed by atoms with Crippen LogP contribution in [0.5, 0.6) is 0 Å². The molecule has 1 aliphatic carbocycles. The van der Waals surface area contributed by atoms with Gasteiger partial charge in [0.2, 0.25) is 0 Å². The molecule has 0 saturated heterocycles. The van der Waals surface area contributed by atoms with Gasteiger partial charge in [0.15, 0.2) is 0 Å². The van der Waals surface area contributed by atoms with E-state index in [1.165, 1.54) is 28.0 Å². The molecule has 0 saturated carbocycles. The molecule has 1 aliphatic rings. The molecule has 4 rings (SSSR count). The summed E-state index contributed by atoms with van der Waals surface area (Å²) in [6.07, 6.45) is 0.859. The molecule has 0 aliphatic heterocycles. The number of aryl methyl sites for hydroxylation is 1.